The number of amides is 1. The Kier molecular flexibility index (Phi) is 6.13. The van der Waals surface area contributed by atoms with Crippen molar-refractivity contribution in [1.29, 1.82) is 0 Å². The average molecular weight is 420 g/mol. The molecule has 1 saturated heterocycles. The number of benzene rings is 2. The van der Waals surface area contributed by atoms with Crippen LogP contribution in [0.1, 0.15) is 6.42 Å². The van der Waals surface area contributed by atoms with Gasteiger partial charge in [0.2, 0.25) is 0 Å². The molecule has 0 aliphatic carbocycles. The van der Waals surface area contributed by atoms with Gasteiger partial charge in [0, 0.05) is 19.1 Å². The van der Waals surface area contributed by atoms with E-state index in [1.807, 2.05) is 24.3 Å². The number of carbonyl (C=O) groups is 1. The van der Waals surface area contributed by atoms with Crippen LogP contribution in [0.4, 0.5) is 20.7 Å². The Bertz CT molecular complexity index is 1020. The summed E-state index contributed by atoms with van der Waals surface area (Å²) in [6.45, 7) is 1.92. The topological polar surface area (TPSA) is 57.7 Å². The predicted molar refractivity (Wildman–Crippen MR) is 120 cm³/mol. The van der Waals surface area contributed by atoms with E-state index in [0.717, 1.165) is 36.5 Å². The number of ether oxygens (including phenoxy) is 1. The third-order valence-corrected chi connectivity index (χ3v) is 5.45. The highest BCUT2D eigenvalue weighted by Crippen LogP contribution is 2.24. The Morgan fingerprint density at radius 3 is 2.32 bits per heavy atom. The molecule has 1 aromatic heterocycles. The summed E-state index contributed by atoms with van der Waals surface area (Å²) in [7, 11) is 4.19. The summed E-state index contributed by atoms with van der Waals surface area (Å²) in [5.74, 6) is 1.04. The number of nitrogens with one attached hydrogen (secondary N) is 1. The molecule has 6 nitrogen and oxygen atoms in total. The molecular formula is C24H25FN4O2. The molecule has 160 valence electrons. The molecule has 1 N–H and O–H groups in total. The second-order valence-electron chi connectivity index (χ2n) is 7.80. The van der Waals surface area contributed by atoms with Crippen LogP contribution in [-0.4, -0.2) is 49.2 Å². The van der Waals surface area contributed by atoms with Crippen LogP contribution in [0.5, 0.6) is 5.75 Å². The minimum atomic E-state index is -0.585. The summed E-state index contributed by atoms with van der Waals surface area (Å²) in [5.41, 5.74) is 2.37. The molecule has 0 bridgehead atoms. The fourth-order valence-corrected chi connectivity index (χ4v) is 3.63. The van der Waals surface area contributed by atoms with E-state index in [-0.39, 0.29) is 5.82 Å². The summed E-state index contributed by atoms with van der Waals surface area (Å²) in [6.07, 6.45) is 2.16. The molecule has 31 heavy (non-hydrogen) atoms. The van der Waals surface area contributed by atoms with Gasteiger partial charge in [0.05, 0.1) is 11.9 Å². The molecule has 1 amide bonds. The summed E-state index contributed by atoms with van der Waals surface area (Å²) < 4.78 is 18.4. The van der Waals surface area contributed by atoms with Crippen molar-refractivity contribution in [3.8, 4) is 16.9 Å². The van der Waals surface area contributed by atoms with Gasteiger partial charge >= 0.3 is 6.09 Å². The second kappa shape index (κ2) is 9.14. The highest BCUT2D eigenvalue weighted by atomic mass is 19.1. The summed E-state index contributed by atoms with van der Waals surface area (Å²) >= 11 is 0. The zero-order valence-corrected chi connectivity index (χ0v) is 17.6. The number of carbonyl (C=O) groups excluding carboxylic acids is 1. The summed E-state index contributed by atoms with van der Waals surface area (Å²) in [4.78, 5) is 21.2. The van der Waals surface area contributed by atoms with E-state index < -0.39 is 6.09 Å². The molecule has 2 aromatic carbocycles. The highest BCUT2D eigenvalue weighted by molar-refractivity contribution is 5.86. The molecule has 1 atom stereocenters. The van der Waals surface area contributed by atoms with E-state index >= 15 is 0 Å². The van der Waals surface area contributed by atoms with Gasteiger partial charge in [0.15, 0.2) is 0 Å². The molecule has 3 aromatic rings. The number of hydrogen-bond donors (Lipinski definition) is 1. The molecule has 0 spiro atoms. The summed E-state index contributed by atoms with van der Waals surface area (Å²) in [6, 6.07) is 17.6. The van der Waals surface area contributed by atoms with Crippen LogP contribution in [0, 0.1) is 5.82 Å². The van der Waals surface area contributed by atoms with Gasteiger partial charge in [-0.3, -0.25) is 5.32 Å². The molecular weight excluding hydrogens is 395 g/mol. The van der Waals surface area contributed by atoms with Gasteiger partial charge in [0.1, 0.15) is 17.4 Å². The maximum atomic E-state index is 13.1. The smallest absolute Gasteiger partial charge is 0.410 e. The normalized spacial score (nSPS) is 15.9. The molecule has 1 aliphatic rings. The second-order valence-corrected chi connectivity index (χ2v) is 7.80. The van der Waals surface area contributed by atoms with Crippen molar-refractivity contribution in [2.24, 2.45) is 0 Å². The van der Waals surface area contributed by atoms with Crippen molar-refractivity contribution >= 4 is 17.6 Å². The third kappa shape index (κ3) is 5.19. The van der Waals surface area contributed by atoms with Crippen molar-refractivity contribution in [3.63, 3.8) is 0 Å². The minimum Gasteiger partial charge on any atom is -0.410 e. The maximum Gasteiger partial charge on any atom is 0.417 e. The largest absolute Gasteiger partial charge is 0.417 e. The van der Waals surface area contributed by atoms with Crippen LogP contribution in [0.15, 0.2) is 66.9 Å². The van der Waals surface area contributed by atoms with Crippen LogP contribution in [-0.2, 0) is 0 Å². The van der Waals surface area contributed by atoms with E-state index in [1.165, 1.54) is 12.1 Å². The molecule has 4 rings (SSSR count). The number of likely N-dealkylation sites (N-methyl/N-ethyl adjacent to an activating group) is 1. The number of rotatable bonds is 5. The quantitative estimate of drug-likeness (QED) is 0.652. The SMILES string of the molecule is CN(C)[C@@H]1CCN(c2ccc(NC(=O)Oc3ccc(-c4ccc(F)cc4)cc3)cn2)C1. The van der Waals surface area contributed by atoms with Crippen molar-refractivity contribution in [3.05, 3.63) is 72.7 Å². The molecule has 0 unspecified atom stereocenters. The fourth-order valence-electron chi connectivity index (χ4n) is 3.63. The van der Waals surface area contributed by atoms with E-state index in [2.05, 4.69) is 34.2 Å². The molecule has 0 radical (unpaired) electrons. The van der Waals surface area contributed by atoms with Crippen molar-refractivity contribution in [1.82, 2.24) is 9.88 Å². The van der Waals surface area contributed by atoms with Gasteiger partial charge in [-0.2, -0.15) is 0 Å². The first kappa shape index (κ1) is 20.8. The lowest BCUT2D eigenvalue weighted by molar-refractivity contribution is 0.215. The molecule has 1 fully saturated rings. The van der Waals surface area contributed by atoms with E-state index in [1.54, 1.807) is 30.5 Å². The fraction of sp³-hybridized carbons (Fsp3) is 0.250. The monoisotopic (exact) mass is 420 g/mol. The first-order valence-electron chi connectivity index (χ1n) is 10.2. The predicted octanol–water partition coefficient (Wildman–Crippen LogP) is 4.64. The lowest BCUT2D eigenvalue weighted by Gasteiger charge is -2.21. The first-order valence-corrected chi connectivity index (χ1v) is 10.2. The van der Waals surface area contributed by atoms with E-state index in [4.69, 9.17) is 4.74 Å². The van der Waals surface area contributed by atoms with Gasteiger partial charge in [0.25, 0.3) is 0 Å². The van der Waals surface area contributed by atoms with Crippen molar-refractivity contribution in [2.75, 3.05) is 37.4 Å². The number of anilines is 2. The minimum absolute atomic E-state index is 0.277. The van der Waals surface area contributed by atoms with Crippen LogP contribution in [0.2, 0.25) is 0 Å². The standard InChI is InChI=1S/C24H25FN4O2/c1-28(2)21-13-14-29(16-21)23-12-9-20(15-26-23)27-24(30)31-22-10-5-18(6-11-22)17-3-7-19(25)8-4-17/h3-12,15,21H,13-14,16H2,1-2H3,(H,27,30)/t21-/m1/s1. The molecule has 0 saturated carbocycles. The number of pyridine rings is 1. The Balaban J connectivity index is 1.32. The third-order valence-electron chi connectivity index (χ3n) is 5.45. The zero-order chi connectivity index (χ0) is 21.8. The van der Waals surface area contributed by atoms with Gasteiger partial charge < -0.3 is 14.5 Å². The number of hydrogen-bond acceptors (Lipinski definition) is 5. The number of nitrogens with zero attached hydrogens (tertiary/aromatic N) is 3. The Labute approximate surface area is 181 Å². The van der Waals surface area contributed by atoms with Gasteiger partial charge in [-0.05, 0) is 68.0 Å². The summed E-state index contributed by atoms with van der Waals surface area (Å²) in [5, 5.41) is 2.70. The lowest BCUT2D eigenvalue weighted by atomic mass is 10.1. The van der Waals surface area contributed by atoms with Crippen molar-refractivity contribution < 1.29 is 13.9 Å². The van der Waals surface area contributed by atoms with Crippen LogP contribution in [0.25, 0.3) is 11.1 Å². The van der Waals surface area contributed by atoms with Crippen molar-refractivity contribution in [2.45, 2.75) is 12.5 Å². The van der Waals surface area contributed by atoms with E-state index in [0.29, 0.717) is 17.5 Å². The van der Waals surface area contributed by atoms with Gasteiger partial charge in [-0.1, -0.05) is 24.3 Å². The average Bonchev–Trinajstić information content (AvgIpc) is 3.26. The van der Waals surface area contributed by atoms with Crippen LogP contribution < -0.4 is 15.0 Å². The Hall–Kier alpha value is -3.45. The molecule has 7 heteroatoms. The maximum absolute atomic E-state index is 13.1. The van der Waals surface area contributed by atoms with E-state index in [9.17, 15) is 9.18 Å². The number of aromatic nitrogens is 1. The number of halogens is 1. The van der Waals surface area contributed by atoms with Crippen LogP contribution >= 0.6 is 0 Å². The Morgan fingerprint density at radius 1 is 1.06 bits per heavy atom. The zero-order valence-electron chi connectivity index (χ0n) is 17.6. The van der Waals surface area contributed by atoms with Crippen LogP contribution in [0.3, 0.4) is 0 Å². The Morgan fingerprint density at radius 2 is 1.74 bits per heavy atom. The lowest BCUT2D eigenvalue weighted by Crippen LogP contribution is -2.31. The highest BCUT2D eigenvalue weighted by Gasteiger charge is 2.24. The molecule has 1 aliphatic heterocycles. The van der Waals surface area contributed by atoms with Gasteiger partial charge in [-0.25, -0.2) is 14.2 Å². The first-order chi connectivity index (χ1) is 15.0. The van der Waals surface area contributed by atoms with Gasteiger partial charge in [-0.15, -0.1) is 0 Å². The molecule has 2 heterocycles.